The summed E-state index contributed by atoms with van der Waals surface area (Å²) in [6.45, 7) is 4.30. The quantitative estimate of drug-likeness (QED) is 0.258. The Bertz CT molecular complexity index is 1610. The predicted octanol–water partition coefficient (Wildman–Crippen LogP) is 6.91. The third kappa shape index (κ3) is 4.78. The van der Waals surface area contributed by atoms with Crippen LogP contribution < -0.4 is 15.4 Å². The van der Waals surface area contributed by atoms with Gasteiger partial charge in [0.1, 0.15) is 11.3 Å². The highest BCUT2D eigenvalue weighted by molar-refractivity contribution is 7.80. The maximum atomic E-state index is 13.0. The average molecular weight is 496 g/mol. The normalized spacial score (nSPS) is 11.1. The Kier molecular flexibility index (Phi) is 6.40. The van der Waals surface area contributed by atoms with Crippen molar-refractivity contribution in [3.8, 4) is 17.2 Å². The molecule has 0 spiro atoms. The molecule has 2 N–H and O–H groups in total. The first-order valence-corrected chi connectivity index (χ1v) is 12.0. The minimum Gasteiger partial charge on any atom is -0.496 e. The Labute approximate surface area is 214 Å². The summed E-state index contributed by atoms with van der Waals surface area (Å²) >= 11 is 5.42. The van der Waals surface area contributed by atoms with Gasteiger partial charge in [-0.3, -0.25) is 10.1 Å². The molecular formula is C29H25N3O3S. The van der Waals surface area contributed by atoms with E-state index in [0.717, 1.165) is 27.4 Å². The number of nitrogens with one attached hydrogen (secondary N) is 2. The van der Waals surface area contributed by atoms with Gasteiger partial charge in [0.25, 0.3) is 5.91 Å². The van der Waals surface area contributed by atoms with E-state index < -0.39 is 0 Å². The highest BCUT2D eigenvalue weighted by atomic mass is 32.1. The number of oxazole rings is 1. The topological polar surface area (TPSA) is 76.4 Å². The Balaban J connectivity index is 1.33. The van der Waals surface area contributed by atoms with E-state index in [1.807, 2.05) is 60.7 Å². The monoisotopic (exact) mass is 495 g/mol. The maximum absolute atomic E-state index is 13.0. The highest BCUT2D eigenvalue weighted by Gasteiger charge is 2.16. The molecule has 0 unspecified atom stereocenters. The summed E-state index contributed by atoms with van der Waals surface area (Å²) in [5.74, 6) is 1.05. The molecule has 0 fully saturated rings. The molecule has 1 amide bonds. The van der Waals surface area contributed by atoms with E-state index in [1.165, 1.54) is 5.56 Å². The van der Waals surface area contributed by atoms with E-state index in [0.29, 0.717) is 28.8 Å². The van der Waals surface area contributed by atoms with Gasteiger partial charge in [0.2, 0.25) is 5.89 Å². The molecule has 5 aromatic rings. The number of hydrogen-bond donors (Lipinski definition) is 2. The van der Waals surface area contributed by atoms with Crippen LogP contribution in [0.4, 0.5) is 5.69 Å². The van der Waals surface area contributed by atoms with Crippen molar-refractivity contribution in [2.45, 2.75) is 19.8 Å². The molecule has 0 aliphatic heterocycles. The van der Waals surface area contributed by atoms with Crippen LogP contribution in [0.1, 0.15) is 35.7 Å². The standard InChI is InChI=1S/C29H25N3O3S/c1-17(2)18-11-12-25-24(15-18)31-28(35-25)21-9-6-10-22(13-21)30-29(36)32-27(33)23-14-19-7-4-5-8-20(19)16-26(23)34-3/h4-17H,1-3H3,(H2,30,32,33,36). The van der Waals surface area contributed by atoms with Gasteiger partial charge in [0.05, 0.1) is 12.7 Å². The predicted molar refractivity (Wildman–Crippen MR) is 148 cm³/mol. The number of hydrogen-bond acceptors (Lipinski definition) is 5. The maximum Gasteiger partial charge on any atom is 0.261 e. The van der Waals surface area contributed by atoms with Crippen LogP contribution in [0.5, 0.6) is 5.75 Å². The summed E-state index contributed by atoms with van der Waals surface area (Å²) in [6, 6.07) is 25.0. The molecule has 0 radical (unpaired) electrons. The number of rotatable bonds is 5. The van der Waals surface area contributed by atoms with Gasteiger partial charge in [0.15, 0.2) is 10.7 Å². The van der Waals surface area contributed by atoms with Crippen molar-refractivity contribution in [1.82, 2.24) is 10.3 Å². The summed E-state index contributed by atoms with van der Waals surface area (Å²) < 4.78 is 11.4. The molecule has 0 atom stereocenters. The summed E-state index contributed by atoms with van der Waals surface area (Å²) in [5.41, 5.74) is 4.67. The second-order valence-electron chi connectivity index (χ2n) is 8.79. The fourth-order valence-corrected chi connectivity index (χ4v) is 4.27. The van der Waals surface area contributed by atoms with Crippen LogP contribution >= 0.6 is 12.2 Å². The molecule has 36 heavy (non-hydrogen) atoms. The Hall–Kier alpha value is -4.23. The molecule has 1 heterocycles. The molecule has 6 nitrogen and oxygen atoms in total. The Morgan fingerprint density at radius 2 is 1.75 bits per heavy atom. The number of nitrogens with zero attached hydrogens (tertiary/aromatic N) is 1. The SMILES string of the molecule is COc1cc2ccccc2cc1C(=O)NC(=S)Nc1cccc(-c2nc3cc(C(C)C)ccc3o2)c1. The van der Waals surface area contributed by atoms with E-state index in [2.05, 4.69) is 41.6 Å². The summed E-state index contributed by atoms with van der Waals surface area (Å²) in [4.78, 5) is 17.7. The van der Waals surface area contributed by atoms with Gasteiger partial charge in [0, 0.05) is 11.3 Å². The molecule has 0 bridgehead atoms. The molecule has 180 valence electrons. The second kappa shape index (κ2) is 9.79. The van der Waals surface area contributed by atoms with Gasteiger partial charge in [-0.05, 0) is 76.9 Å². The van der Waals surface area contributed by atoms with Gasteiger partial charge < -0.3 is 14.5 Å². The lowest BCUT2D eigenvalue weighted by atomic mass is 10.0. The van der Waals surface area contributed by atoms with Crippen LogP contribution in [0, 0.1) is 0 Å². The van der Waals surface area contributed by atoms with Crippen LogP contribution in [0.2, 0.25) is 0 Å². The van der Waals surface area contributed by atoms with E-state index in [1.54, 1.807) is 13.2 Å². The first-order valence-electron chi connectivity index (χ1n) is 11.6. The fourth-order valence-electron chi connectivity index (χ4n) is 4.06. The largest absolute Gasteiger partial charge is 0.496 e. The van der Waals surface area contributed by atoms with Gasteiger partial charge in [-0.1, -0.05) is 50.2 Å². The second-order valence-corrected chi connectivity index (χ2v) is 9.20. The molecule has 7 heteroatoms. The zero-order valence-electron chi connectivity index (χ0n) is 20.2. The third-order valence-electron chi connectivity index (χ3n) is 5.99. The Morgan fingerprint density at radius 1 is 0.972 bits per heavy atom. The molecule has 0 aliphatic rings. The van der Waals surface area contributed by atoms with Crippen molar-refractivity contribution in [2.75, 3.05) is 12.4 Å². The number of carbonyl (C=O) groups excluding carboxylic acids is 1. The van der Waals surface area contributed by atoms with Crippen LogP contribution in [0.25, 0.3) is 33.3 Å². The van der Waals surface area contributed by atoms with E-state index in [-0.39, 0.29) is 11.0 Å². The van der Waals surface area contributed by atoms with Crippen LogP contribution in [-0.2, 0) is 0 Å². The molecule has 1 aromatic heterocycles. The number of thiocarbonyl (C=S) groups is 1. The lowest BCUT2D eigenvalue weighted by molar-refractivity contribution is 0.0975. The van der Waals surface area contributed by atoms with Crippen molar-refractivity contribution in [2.24, 2.45) is 0 Å². The van der Waals surface area contributed by atoms with E-state index >= 15 is 0 Å². The molecular weight excluding hydrogens is 470 g/mol. The highest BCUT2D eigenvalue weighted by Crippen LogP contribution is 2.29. The minimum absolute atomic E-state index is 0.173. The van der Waals surface area contributed by atoms with Crippen molar-refractivity contribution in [3.05, 3.63) is 90.0 Å². The summed E-state index contributed by atoms with van der Waals surface area (Å²) in [5, 5.41) is 7.92. The van der Waals surface area contributed by atoms with Crippen LogP contribution in [0.15, 0.2) is 83.3 Å². The Morgan fingerprint density at radius 3 is 2.50 bits per heavy atom. The lowest BCUT2D eigenvalue weighted by Gasteiger charge is -2.13. The average Bonchev–Trinajstić information content (AvgIpc) is 3.31. The zero-order valence-corrected chi connectivity index (χ0v) is 21.0. The van der Waals surface area contributed by atoms with Crippen LogP contribution in [-0.4, -0.2) is 23.1 Å². The molecule has 0 saturated heterocycles. The number of fused-ring (bicyclic) bond motifs is 2. The number of ether oxygens (including phenoxy) is 1. The van der Waals surface area contributed by atoms with Crippen molar-refractivity contribution >= 4 is 50.8 Å². The fraction of sp³-hybridized carbons (Fsp3) is 0.138. The van der Waals surface area contributed by atoms with Crippen molar-refractivity contribution < 1.29 is 13.9 Å². The van der Waals surface area contributed by atoms with Gasteiger partial charge in [-0.2, -0.15) is 0 Å². The molecule has 4 aromatic carbocycles. The molecule has 0 aliphatic carbocycles. The number of anilines is 1. The van der Waals surface area contributed by atoms with Crippen LogP contribution in [0.3, 0.4) is 0 Å². The van der Waals surface area contributed by atoms with Crippen molar-refractivity contribution in [3.63, 3.8) is 0 Å². The van der Waals surface area contributed by atoms with E-state index in [9.17, 15) is 4.79 Å². The smallest absolute Gasteiger partial charge is 0.261 e. The zero-order chi connectivity index (χ0) is 25.2. The summed E-state index contributed by atoms with van der Waals surface area (Å²) in [6.07, 6.45) is 0. The first-order chi connectivity index (χ1) is 17.4. The number of amides is 1. The van der Waals surface area contributed by atoms with Crippen molar-refractivity contribution in [1.29, 1.82) is 0 Å². The third-order valence-corrected chi connectivity index (χ3v) is 6.19. The number of carbonyl (C=O) groups is 1. The van der Waals surface area contributed by atoms with Gasteiger partial charge in [-0.15, -0.1) is 0 Å². The van der Waals surface area contributed by atoms with Gasteiger partial charge in [-0.25, -0.2) is 4.98 Å². The van der Waals surface area contributed by atoms with Gasteiger partial charge >= 0.3 is 0 Å². The minimum atomic E-state index is -0.355. The number of methoxy groups -OCH3 is 1. The first kappa shape index (κ1) is 23.5. The molecule has 0 saturated carbocycles. The molecule has 5 rings (SSSR count). The number of benzene rings is 4. The lowest BCUT2D eigenvalue weighted by Crippen LogP contribution is -2.34. The summed E-state index contributed by atoms with van der Waals surface area (Å²) in [7, 11) is 1.54. The van der Waals surface area contributed by atoms with E-state index in [4.69, 9.17) is 21.4 Å². The number of aromatic nitrogens is 1.